The number of ether oxygens (including phenoxy) is 1. The minimum absolute atomic E-state index is 0.0773. The third kappa shape index (κ3) is 4.43. The highest BCUT2D eigenvalue weighted by Gasteiger charge is 2.07. The number of carbonyl (C=O) groups excluding carboxylic acids is 1. The second-order valence-corrected chi connectivity index (χ2v) is 6.81. The van der Waals surface area contributed by atoms with Crippen LogP contribution in [0.2, 0.25) is 0 Å². The van der Waals surface area contributed by atoms with Crippen LogP contribution < -0.4 is 10.1 Å². The topological polar surface area (TPSA) is 69.0 Å². The van der Waals surface area contributed by atoms with Gasteiger partial charge in [0, 0.05) is 10.6 Å². The SMILES string of the molecule is COc1ccc(SCC(=O)Nc2ccc(-n3nc(C)cc3C)nc2)cc1. The summed E-state index contributed by atoms with van der Waals surface area (Å²) in [6.07, 6.45) is 1.64. The molecule has 0 saturated heterocycles. The summed E-state index contributed by atoms with van der Waals surface area (Å²) in [5.74, 6) is 1.77. The van der Waals surface area contributed by atoms with Gasteiger partial charge in [-0.25, -0.2) is 9.67 Å². The fraction of sp³-hybridized carbons (Fsp3) is 0.211. The molecule has 0 unspecified atom stereocenters. The van der Waals surface area contributed by atoms with Crippen molar-refractivity contribution in [3.63, 3.8) is 0 Å². The first-order valence-electron chi connectivity index (χ1n) is 8.11. The van der Waals surface area contributed by atoms with Crippen LogP contribution in [0.15, 0.2) is 53.6 Å². The first-order valence-corrected chi connectivity index (χ1v) is 9.10. The van der Waals surface area contributed by atoms with Crippen LogP contribution in [0.5, 0.6) is 5.75 Å². The first-order chi connectivity index (χ1) is 12.5. The molecule has 0 aliphatic heterocycles. The molecule has 0 spiro atoms. The molecule has 134 valence electrons. The zero-order chi connectivity index (χ0) is 18.5. The number of aryl methyl sites for hydroxylation is 2. The van der Waals surface area contributed by atoms with E-state index in [1.807, 2.05) is 56.3 Å². The quantitative estimate of drug-likeness (QED) is 0.673. The summed E-state index contributed by atoms with van der Waals surface area (Å²) < 4.78 is 6.90. The number of pyridine rings is 1. The Balaban J connectivity index is 1.56. The van der Waals surface area contributed by atoms with E-state index in [4.69, 9.17) is 4.74 Å². The fourth-order valence-corrected chi connectivity index (χ4v) is 3.16. The number of nitrogens with zero attached hydrogens (tertiary/aromatic N) is 3. The molecule has 3 rings (SSSR count). The second kappa shape index (κ2) is 8.05. The highest BCUT2D eigenvalue weighted by Crippen LogP contribution is 2.21. The van der Waals surface area contributed by atoms with E-state index in [9.17, 15) is 4.79 Å². The third-order valence-corrected chi connectivity index (χ3v) is 4.70. The Morgan fingerprint density at radius 2 is 1.96 bits per heavy atom. The van der Waals surface area contributed by atoms with Gasteiger partial charge in [0.1, 0.15) is 5.75 Å². The summed E-state index contributed by atoms with van der Waals surface area (Å²) in [7, 11) is 1.63. The molecular formula is C19H20N4O2S. The van der Waals surface area contributed by atoms with Crippen molar-refractivity contribution in [1.82, 2.24) is 14.8 Å². The Morgan fingerprint density at radius 1 is 1.19 bits per heavy atom. The Hall–Kier alpha value is -2.80. The zero-order valence-corrected chi connectivity index (χ0v) is 15.7. The van der Waals surface area contributed by atoms with Crippen molar-refractivity contribution in [2.75, 3.05) is 18.2 Å². The number of methoxy groups -OCH3 is 1. The van der Waals surface area contributed by atoms with Crippen LogP contribution in [0, 0.1) is 13.8 Å². The summed E-state index contributed by atoms with van der Waals surface area (Å²) >= 11 is 1.47. The minimum Gasteiger partial charge on any atom is -0.497 e. The number of aromatic nitrogens is 3. The Kier molecular flexibility index (Phi) is 5.58. The van der Waals surface area contributed by atoms with Crippen molar-refractivity contribution >= 4 is 23.4 Å². The number of hydrogen-bond acceptors (Lipinski definition) is 5. The fourth-order valence-electron chi connectivity index (χ4n) is 2.46. The van der Waals surface area contributed by atoms with E-state index in [0.717, 1.165) is 27.9 Å². The summed E-state index contributed by atoms with van der Waals surface area (Å²) in [4.78, 5) is 17.5. The first kappa shape index (κ1) is 18.0. The molecule has 0 aliphatic rings. The highest BCUT2D eigenvalue weighted by molar-refractivity contribution is 8.00. The zero-order valence-electron chi connectivity index (χ0n) is 14.9. The number of anilines is 1. The molecule has 6 nitrogen and oxygen atoms in total. The Bertz CT molecular complexity index is 889. The van der Waals surface area contributed by atoms with Crippen LogP contribution in [-0.4, -0.2) is 33.5 Å². The van der Waals surface area contributed by atoms with E-state index >= 15 is 0 Å². The van der Waals surface area contributed by atoms with Crippen molar-refractivity contribution < 1.29 is 9.53 Å². The average molecular weight is 368 g/mol. The van der Waals surface area contributed by atoms with Crippen molar-refractivity contribution in [1.29, 1.82) is 0 Å². The van der Waals surface area contributed by atoms with Gasteiger partial charge in [-0.15, -0.1) is 11.8 Å². The van der Waals surface area contributed by atoms with E-state index in [0.29, 0.717) is 11.4 Å². The molecule has 2 heterocycles. The lowest BCUT2D eigenvalue weighted by Gasteiger charge is -2.07. The molecular weight excluding hydrogens is 348 g/mol. The second-order valence-electron chi connectivity index (χ2n) is 5.76. The lowest BCUT2D eigenvalue weighted by Crippen LogP contribution is -2.14. The molecule has 7 heteroatoms. The van der Waals surface area contributed by atoms with Crippen LogP contribution in [0.25, 0.3) is 5.82 Å². The van der Waals surface area contributed by atoms with E-state index in [2.05, 4.69) is 15.4 Å². The van der Waals surface area contributed by atoms with E-state index in [1.54, 1.807) is 18.0 Å². The van der Waals surface area contributed by atoms with E-state index < -0.39 is 0 Å². The van der Waals surface area contributed by atoms with Crippen LogP contribution in [0.4, 0.5) is 5.69 Å². The predicted octanol–water partition coefficient (Wildman–Crippen LogP) is 3.62. The number of rotatable bonds is 6. The number of amides is 1. The van der Waals surface area contributed by atoms with Gasteiger partial charge >= 0.3 is 0 Å². The average Bonchev–Trinajstić information content (AvgIpc) is 2.99. The van der Waals surface area contributed by atoms with Gasteiger partial charge in [0.05, 0.1) is 30.4 Å². The maximum Gasteiger partial charge on any atom is 0.234 e. The molecule has 0 bridgehead atoms. The molecule has 0 radical (unpaired) electrons. The van der Waals surface area contributed by atoms with Gasteiger partial charge in [0.15, 0.2) is 5.82 Å². The molecule has 2 aromatic heterocycles. The lowest BCUT2D eigenvalue weighted by molar-refractivity contribution is -0.113. The van der Waals surface area contributed by atoms with Gasteiger partial charge in [-0.1, -0.05) is 0 Å². The smallest absolute Gasteiger partial charge is 0.234 e. The van der Waals surface area contributed by atoms with Gasteiger partial charge in [0.25, 0.3) is 0 Å². The van der Waals surface area contributed by atoms with Crippen molar-refractivity contribution in [3.8, 4) is 11.6 Å². The monoisotopic (exact) mass is 368 g/mol. The summed E-state index contributed by atoms with van der Waals surface area (Å²) in [5.41, 5.74) is 2.62. The van der Waals surface area contributed by atoms with Crippen LogP contribution in [0.3, 0.4) is 0 Å². The van der Waals surface area contributed by atoms with Gasteiger partial charge in [-0.05, 0) is 56.3 Å². The Morgan fingerprint density at radius 3 is 2.54 bits per heavy atom. The maximum atomic E-state index is 12.1. The normalized spacial score (nSPS) is 10.6. The van der Waals surface area contributed by atoms with Gasteiger partial charge in [-0.3, -0.25) is 4.79 Å². The largest absolute Gasteiger partial charge is 0.497 e. The van der Waals surface area contributed by atoms with Gasteiger partial charge < -0.3 is 10.1 Å². The van der Waals surface area contributed by atoms with Crippen molar-refractivity contribution in [2.45, 2.75) is 18.7 Å². The standard InChI is InChI=1S/C19H20N4O2S/c1-13-10-14(2)23(22-13)18-9-4-15(11-20-18)21-19(24)12-26-17-7-5-16(25-3)6-8-17/h4-11H,12H2,1-3H3,(H,21,24). The highest BCUT2D eigenvalue weighted by atomic mass is 32.2. The number of carbonyl (C=O) groups is 1. The minimum atomic E-state index is -0.0773. The van der Waals surface area contributed by atoms with Gasteiger partial charge in [0.2, 0.25) is 5.91 Å². The molecule has 0 saturated carbocycles. The molecule has 0 fully saturated rings. The third-order valence-electron chi connectivity index (χ3n) is 3.69. The molecule has 1 N–H and O–H groups in total. The van der Waals surface area contributed by atoms with E-state index in [-0.39, 0.29) is 5.91 Å². The number of benzene rings is 1. The number of thioether (sulfide) groups is 1. The predicted molar refractivity (Wildman–Crippen MR) is 103 cm³/mol. The van der Waals surface area contributed by atoms with Crippen LogP contribution in [-0.2, 0) is 4.79 Å². The molecule has 0 atom stereocenters. The number of nitrogens with one attached hydrogen (secondary N) is 1. The van der Waals surface area contributed by atoms with E-state index in [1.165, 1.54) is 11.8 Å². The maximum absolute atomic E-state index is 12.1. The van der Waals surface area contributed by atoms with Crippen LogP contribution in [0.1, 0.15) is 11.4 Å². The molecule has 0 aliphatic carbocycles. The molecule has 3 aromatic rings. The Labute approximate surface area is 156 Å². The number of hydrogen-bond donors (Lipinski definition) is 1. The summed E-state index contributed by atoms with van der Waals surface area (Å²) in [5, 5.41) is 7.26. The molecule has 1 aromatic carbocycles. The van der Waals surface area contributed by atoms with Gasteiger partial charge in [-0.2, -0.15) is 5.10 Å². The van der Waals surface area contributed by atoms with Crippen molar-refractivity contribution in [2.24, 2.45) is 0 Å². The summed E-state index contributed by atoms with van der Waals surface area (Å²) in [6, 6.07) is 13.3. The van der Waals surface area contributed by atoms with Crippen LogP contribution >= 0.6 is 11.8 Å². The molecule has 26 heavy (non-hydrogen) atoms. The lowest BCUT2D eigenvalue weighted by atomic mass is 10.3. The summed E-state index contributed by atoms with van der Waals surface area (Å²) in [6.45, 7) is 3.92. The molecule has 1 amide bonds. The van der Waals surface area contributed by atoms with Crippen molar-refractivity contribution in [3.05, 3.63) is 60.0 Å².